The molecular weight excluding hydrogens is 351 g/mol. The number of hydrogen-bond donors (Lipinski definition) is 1. The molecule has 1 aromatic rings. The molecule has 1 N–H and O–H groups in total. The molecule has 0 unspecified atom stereocenters. The fourth-order valence-electron chi connectivity index (χ4n) is 2.24. The molecular formula is C14H14F3NO5S. The van der Waals surface area contributed by atoms with Gasteiger partial charge in [-0.25, -0.2) is 4.79 Å². The summed E-state index contributed by atoms with van der Waals surface area (Å²) >= 11 is 0. The molecule has 1 aliphatic rings. The molecule has 10 heteroatoms. The van der Waals surface area contributed by atoms with E-state index in [1.165, 1.54) is 0 Å². The van der Waals surface area contributed by atoms with Gasteiger partial charge in [-0.15, -0.1) is 0 Å². The Morgan fingerprint density at radius 2 is 1.88 bits per heavy atom. The third-order valence-corrected chi connectivity index (χ3v) is 4.36. The van der Waals surface area contributed by atoms with E-state index in [0.717, 1.165) is 5.56 Å². The van der Waals surface area contributed by atoms with Crippen molar-refractivity contribution in [3.63, 3.8) is 0 Å². The van der Waals surface area contributed by atoms with Gasteiger partial charge in [-0.1, -0.05) is 30.3 Å². The molecule has 132 valence electrons. The number of carboxylic acids is 1. The predicted octanol–water partition coefficient (Wildman–Crippen LogP) is 2.10. The minimum absolute atomic E-state index is 0.175. The molecule has 6 nitrogen and oxygen atoms in total. The van der Waals surface area contributed by atoms with E-state index >= 15 is 0 Å². The zero-order valence-electron chi connectivity index (χ0n) is 12.3. The Morgan fingerprint density at radius 1 is 1.25 bits per heavy atom. The molecule has 2 rings (SSSR count). The first-order valence-electron chi connectivity index (χ1n) is 6.82. The Hall–Kier alpha value is -2.07. The van der Waals surface area contributed by atoms with E-state index in [4.69, 9.17) is 5.11 Å². The number of benzene rings is 1. The standard InChI is InChI=1S/C14H14F3NO5S/c15-14(16,17)24(21,22)23-12-6-7-18(9-11(12)13(19)20)8-10-4-2-1-3-5-10/h1-5H,6-9H2,(H,19,20). The van der Waals surface area contributed by atoms with Crippen LogP contribution in [0.1, 0.15) is 12.0 Å². The molecule has 0 spiro atoms. The van der Waals surface area contributed by atoms with Crippen molar-refractivity contribution < 1.29 is 35.7 Å². The van der Waals surface area contributed by atoms with Crippen molar-refractivity contribution in [2.45, 2.75) is 18.5 Å². The van der Waals surface area contributed by atoms with Crippen molar-refractivity contribution in [2.24, 2.45) is 0 Å². The number of nitrogens with zero attached hydrogens (tertiary/aromatic N) is 1. The number of halogens is 3. The van der Waals surface area contributed by atoms with E-state index in [0.29, 0.717) is 6.54 Å². The first-order valence-corrected chi connectivity index (χ1v) is 8.23. The van der Waals surface area contributed by atoms with Crippen LogP contribution in [0, 0.1) is 0 Å². The van der Waals surface area contributed by atoms with Crippen LogP contribution in [0.3, 0.4) is 0 Å². The third kappa shape index (κ3) is 4.26. The fourth-order valence-corrected chi connectivity index (χ4v) is 2.78. The number of aliphatic carboxylic acids is 1. The average molecular weight is 365 g/mol. The highest BCUT2D eigenvalue weighted by Gasteiger charge is 2.49. The zero-order valence-corrected chi connectivity index (χ0v) is 13.1. The van der Waals surface area contributed by atoms with E-state index in [-0.39, 0.29) is 19.5 Å². The van der Waals surface area contributed by atoms with Crippen LogP contribution in [0.2, 0.25) is 0 Å². The van der Waals surface area contributed by atoms with Gasteiger partial charge in [-0.05, 0) is 5.56 Å². The van der Waals surface area contributed by atoms with Crippen LogP contribution in [0.5, 0.6) is 0 Å². The van der Waals surface area contributed by atoms with Crippen molar-refractivity contribution in [1.82, 2.24) is 4.90 Å². The predicted molar refractivity (Wildman–Crippen MR) is 77.1 cm³/mol. The van der Waals surface area contributed by atoms with Crippen molar-refractivity contribution in [1.29, 1.82) is 0 Å². The van der Waals surface area contributed by atoms with Crippen molar-refractivity contribution in [2.75, 3.05) is 13.1 Å². The van der Waals surface area contributed by atoms with Crippen LogP contribution in [0.15, 0.2) is 41.7 Å². The topological polar surface area (TPSA) is 83.9 Å². The van der Waals surface area contributed by atoms with Crippen LogP contribution in [0.4, 0.5) is 13.2 Å². The SMILES string of the molecule is O=C(O)C1=C(OS(=O)(=O)C(F)(F)F)CCN(Cc2ccccc2)C1. The molecule has 24 heavy (non-hydrogen) atoms. The van der Waals surface area contributed by atoms with Crippen molar-refractivity contribution in [3.05, 3.63) is 47.2 Å². The molecule has 0 radical (unpaired) electrons. The summed E-state index contributed by atoms with van der Waals surface area (Å²) in [6.45, 7) is 0.345. The van der Waals surface area contributed by atoms with Gasteiger partial charge >= 0.3 is 21.6 Å². The van der Waals surface area contributed by atoms with Gasteiger partial charge in [0, 0.05) is 26.1 Å². The molecule has 0 saturated heterocycles. The summed E-state index contributed by atoms with van der Waals surface area (Å²) in [7, 11) is -5.88. The second kappa shape index (κ2) is 6.81. The maximum absolute atomic E-state index is 12.4. The van der Waals surface area contributed by atoms with Gasteiger partial charge in [0.2, 0.25) is 0 Å². The van der Waals surface area contributed by atoms with Gasteiger partial charge in [0.05, 0.1) is 5.57 Å². The summed E-state index contributed by atoms with van der Waals surface area (Å²) in [5.74, 6) is -2.19. The summed E-state index contributed by atoms with van der Waals surface area (Å²) in [4.78, 5) is 12.9. The van der Waals surface area contributed by atoms with Crippen LogP contribution >= 0.6 is 0 Å². The molecule has 1 aromatic carbocycles. The molecule has 0 atom stereocenters. The number of rotatable bonds is 5. The molecule has 0 aliphatic carbocycles. The van der Waals surface area contributed by atoms with E-state index in [2.05, 4.69) is 4.18 Å². The summed E-state index contributed by atoms with van der Waals surface area (Å²) in [5, 5.41) is 9.15. The quantitative estimate of drug-likeness (QED) is 0.636. The lowest BCUT2D eigenvalue weighted by Crippen LogP contribution is -2.36. The second-order valence-electron chi connectivity index (χ2n) is 5.14. The Bertz CT molecular complexity index is 743. The van der Waals surface area contributed by atoms with Crippen LogP contribution in [-0.4, -0.2) is 43.0 Å². The zero-order chi connectivity index (χ0) is 18.0. The molecule has 0 saturated carbocycles. The molecule has 1 heterocycles. The fraction of sp³-hybridized carbons (Fsp3) is 0.357. The second-order valence-corrected chi connectivity index (χ2v) is 6.67. The lowest BCUT2D eigenvalue weighted by atomic mass is 10.1. The van der Waals surface area contributed by atoms with Crippen LogP contribution in [0.25, 0.3) is 0 Å². The monoisotopic (exact) mass is 365 g/mol. The number of carboxylic acid groups (broad SMARTS) is 1. The number of carbonyl (C=O) groups is 1. The first kappa shape index (κ1) is 18.3. The van der Waals surface area contributed by atoms with E-state index in [9.17, 15) is 26.4 Å². The molecule has 1 aliphatic heterocycles. The summed E-state index contributed by atoms with van der Waals surface area (Å²) in [5.41, 5.74) is -5.20. The third-order valence-electron chi connectivity index (χ3n) is 3.37. The number of hydrogen-bond acceptors (Lipinski definition) is 5. The largest absolute Gasteiger partial charge is 0.534 e. The minimum atomic E-state index is -5.88. The van der Waals surface area contributed by atoms with Gasteiger partial charge in [0.25, 0.3) is 0 Å². The molecule has 0 aromatic heterocycles. The summed E-state index contributed by atoms with van der Waals surface area (Å²) in [6.07, 6.45) is -0.246. The number of alkyl halides is 3. The first-order chi connectivity index (χ1) is 11.1. The smallest absolute Gasteiger partial charge is 0.478 e. The van der Waals surface area contributed by atoms with Gasteiger partial charge in [0.1, 0.15) is 5.76 Å². The van der Waals surface area contributed by atoms with Gasteiger partial charge in [-0.3, -0.25) is 4.90 Å². The highest BCUT2D eigenvalue weighted by Crippen LogP contribution is 2.30. The maximum Gasteiger partial charge on any atom is 0.534 e. The lowest BCUT2D eigenvalue weighted by molar-refractivity contribution is -0.133. The molecule has 0 fully saturated rings. The average Bonchev–Trinajstić information content (AvgIpc) is 2.48. The van der Waals surface area contributed by atoms with E-state index in [1.807, 2.05) is 18.2 Å². The van der Waals surface area contributed by atoms with Crippen LogP contribution < -0.4 is 0 Å². The summed E-state index contributed by atoms with van der Waals surface area (Å²) < 4.78 is 63.3. The highest BCUT2D eigenvalue weighted by molar-refractivity contribution is 7.87. The van der Waals surface area contributed by atoms with E-state index in [1.54, 1.807) is 17.0 Å². The minimum Gasteiger partial charge on any atom is -0.478 e. The highest BCUT2D eigenvalue weighted by atomic mass is 32.2. The Morgan fingerprint density at radius 3 is 2.42 bits per heavy atom. The van der Waals surface area contributed by atoms with Gasteiger partial charge in [-0.2, -0.15) is 21.6 Å². The lowest BCUT2D eigenvalue weighted by Gasteiger charge is -2.28. The normalized spacial score (nSPS) is 17.0. The van der Waals surface area contributed by atoms with Gasteiger partial charge < -0.3 is 9.29 Å². The maximum atomic E-state index is 12.4. The molecule has 0 bridgehead atoms. The Balaban J connectivity index is 2.19. The van der Waals surface area contributed by atoms with Gasteiger partial charge in [0.15, 0.2) is 0 Å². The van der Waals surface area contributed by atoms with Crippen LogP contribution in [-0.2, 0) is 25.6 Å². The Kier molecular flexibility index (Phi) is 5.19. The van der Waals surface area contributed by atoms with E-state index < -0.39 is 32.9 Å². The molecule has 0 amide bonds. The summed E-state index contributed by atoms with van der Waals surface area (Å²) in [6, 6.07) is 9.07. The Labute approximate surface area is 136 Å². The van der Waals surface area contributed by atoms with Crippen molar-refractivity contribution >= 4 is 16.1 Å². The van der Waals surface area contributed by atoms with Crippen molar-refractivity contribution in [3.8, 4) is 0 Å².